The molecule has 7 nitrogen and oxygen atoms in total. The Bertz CT molecular complexity index is 600. The number of rotatable bonds is 6. The Morgan fingerprint density at radius 3 is 2.62 bits per heavy atom. The lowest BCUT2D eigenvalue weighted by molar-refractivity contribution is 0.382. The fourth-order valence-electron chi connectivity index (χ4n) is 3.80. The molecule has 1 saturated carbocycles. The molecular weight excluding hydrogens is 487 g/mol. The van der Waals surface area contributed by atoms with Gasteiger partial charge in [-0.25, -0.2) is 8.42 Å². The smallest absolute Gasteiger partial charge is 0.211 e. The van der Waals surface area contributed by atoms with E-state index in [0.29, 0.717) is 24.8 Å². The molecule has 1 heterocycles. The fraction of sp³-hybridized carbons (Fsp3) is 0.938. The number of hydrogen-bond acceptors (Lipinski definition) is 4. The molecule has 10 heteroatoms. The molecule has 154 valence electrons. The minimum Gasteiger partial charge on any atom is -0.355 e. The summed E-state index contributed by atoms with van der Waals surface area (Å²) >= 11 is 0. The Labute approximate surface area is 177 Å². The van der Waals surface area contributed by atoms with Gasteiger partial charge >= 0.3 is 0 Å². The number of aliphatic imine (C=N–C) groups is 1. The second-order valence-electron chi connectivity index (χ2n) is 6.92. The van der Waals surface area contributed by atoms with E-state index >= 15 is 0 Å². The SMILES string of the molecule is CCS(=O)C1CCCC(NC(=NC)NC[C@H]2CCCN2S(C)(=O)=O)C1.I. The van der Waals surface area contributed by atoms with Crippen molar-refractivity contribution < 1.29 is 12.6 Å². The first-order chi connectivity index (χ1) is 11.8. The molecule has 2 N–H and O–H groups in total. The summed E-state index contributed by atoms with van der Waals surface area (Å²) in [7, 11) is -2.17. The van der Waals surface area contributed by atoms with Crippen molar-refractivity contribution in [3.63, 3.8) is 0 Å². The van der Waals surface area contributed by atoms with Crippen molar-refractivity contribution in [3.8, 4) is 0 Å². The van der Waals surface area contributed by atoms with Gasteiger partial charge in [0.05, 0.1) is 6.26 Å². The molecule has 0 aromatic carbocycles. The highest BCUT2D eigenvalue weighted by molar-refractivity contribution is 14.0. The highest BCUT2D eigenvalue weighted by Crippen LogP contribution is 2.23. The lowest BCUT2D eigenvalue weighted by Gasteiger charge is -2.30. The molecule has 0 aromatic rings. The van der Waals surface area contributed by atoms with Crippen LogP contribution in [0.1, 0.15) is 45.4 Å². The normalized spacial score (nSPS) is 29.0. The van der Waals surface area contributed by atoms with Crippen LogP contribution in [0.15, 0.2) is 4.99 Å². The summed E-state index contributed by atoms with van der Waals surface area (Å²) < 4.78 is 37.3. The quantitative estimate of drug-likeness (QED) is 0.313. The summed E-state index contributed by atoms with van der Waals surface area (Å²) in [4.78, 5) is 4.27. The monoisotopic (exact) mass is 520 g/mol. The van der Waals surface area contributed by atoms with Gasteiger partial charge in [-0.3, -0.25) is 9.20 Å². The predicted molar refractivity (Wildman–Crippen MR) is 119 cm³/mol. The van der Waals surface area contributed by atoms with E-state index in [9.17, 15) is 12.6 Å². The maximum atomic E-state index is 12.1. The van der Waals surface area contributed by atoms with Gasteiger partial charge in [0.1, 0.15) is 0 Å². The van der Waals surface area contributed by atoms with Crippen molar-refractivity contribution in [3.05, 3.63) is 0 Å². The molecule has 0 bridgehead atoms. The predicted octanol–water partition coefficient (Wildman–Crippen LogP) is 1.27. The van der Waals surface area contributed by atoms with E-state index in [-0.39, 0.29) is 41.3 Å². The third-order valence-corrected chi connectivity index (χ3v) is 8.17. The van der Waals surface area contributed by atoms with Gasteiger partial charge in [-0.2, -0.15) is 4.31 Å². The van der Waals surface area contributed by atoms with Gasteiger partial charge in [-0.1, -0.05) is 13.3 Å². The lowest BCUT2D eigenvalue weighted by Crippen LogP contribution is -2.50. The molecule has 1 aliphatic heterocycles. The zero-order chi connectivity index (χ0) is 18.4. The van der Waals surface area contributed by atoms with Gasteiger partial charge in [-0.05, 0) is 32.1 Å². The molecule has 1 aliphatic carbocycles. The average Bonchev–Trinajstić information content (AvgIpc) is 3.07. The molecule has 2 aliphatic rings. The lowest BCUT2D eigenvalue weighted by atomic mass is 9.95. The molecule has 0 radical (unpaired) electrons. The standard InChI is InChI=1S/C16H32N4O3S2.HI/c1-4-24(21)15-9-5-7-13(11-15)19-16(17-2)18-12-14-8-6-10-20(14)25(3,22)23;/h13-15H,4-12H2,1-3H3,(H2,17,18,19);1H/t13?,14-,15?,24?;/m1./s1. The van der Waals surface area contributed by atoms with Crippen molar-refractivity contribution in [2.45, 2.75) is 62.8 Å². The number of halogens is 1. The van der Waals surface area contributed by atoms with Crippen LogP contribution in [0.2, 0.25) is 0 Å². The van der Waals surface area contributed by atoms with Crippen LogP contribution in [0, 0.1) is 0 Å². The van der Waals surface area contributed by atoms with Gasteiger partial charge in [0, 0.05) is 54.0 Å². The minimum absolute atomic E-state index is 0. The first-order valence-corrected chi connectivity index (χ1v) is 12.4. The number of nitrogens with zero attached hydrogens (tertiary/aromatic N) is 2. The zero-order valence-electron chi connectivity index (χ0n) is 15.9. The molecule has 2 fully saturated rings. The van der Waals surface area contributed by atoms with Crippen molar-refractivity contribution in [1.82, 2.24) is 14.9 Å². The highest BCUT2D eigenvalue weighted by Gasteiger charge is 2.31. The Balaban J connectivity index is 0.00000338. The van der Waals surface area contributed by atoms with Crippen LogP contribution >= 0.6 is 24.0 Å². The van der Waals surface area contributed by atoms with E-state index < -0.39 is 20.8 Å². The number of hydrogen-bond donors (Lipinski definition) is 2. The summed E-state index contributed by atoms with van der Waals surface area (Å²) in [5, 5.41) is 6.97. The van der Waals surface area contributed by atoms with Gasteiger partial charge in [-0.15, -0.1) is 24.0 Å². The Hall–Kier alpha value is 0.0600. The minimum atomic E-state index is -3.15. The first kappa shape index (κ1) is 24.1. The molecule has 2 rings (SSSR count). The third-order valence-electron chi connectivity index (χ3n) is 5.10. The molecule has 26 heavy (non-hydrogen) atoms. The number of sulfonamides is 1. The average molecular weight is 521 g/mol. The van der Waals surface area contributed by atoms with E-state index in [1.807, 2.05) is 6.92 Å². The summed E-state index contributed by atoms with van der Waals surface area (Å²) in [6.07, 6.45) is 7.12. The van der Waals surface area contributed by atoms with Crippen LogP contribution in [-0.2, 0) is 20.8 Å². The molecule has 0 aromatic heterocycles. The maximum Gasteiger partial charge on any atom is 0.211 e. The van der Waals surface area contributed by atoms with E-state index in [1.165, 1.54) is 6.26 Å². The van der Waals surface area contributed by atoms with Crippen molar-refractivity contribution in [1.29, 1.82) is 0 Å². The first-order valence-electron chi connectivity index (χ1n) is 9.16. The van der Waals surface area contributed by atoms with Crippen LogP contribution in [0.5, 0.6) is 0 Å². The van der Waals surface area contributed by atoms with E-state index in [0.717, 1.165) is 38.5 Å². The molecule has 1 saturated heterocycles. The topological polar surface area (TPSA) is 90.9 Å². The second kappa shape index (κ2) is 11.2. The summed E-state index contributed by atoms with van der Waals surface area (Å²) in [6.45, 7) is 3.14. The maximum absolute atomic E-state index is 12.1. The number of nitrogens with one attached hydrogen (secondary N) is 2. The van der Waals surface area contributed by atoms with Crippen molar-refractivity contribution >= 4 is 50.8 Å². The van der Waals surface area contributed by atoms with Crippen LogP contribution in [0.25, 0.3) is 0 Å². The largest absolute Gasteiger partial charge is 0.355 e. The zero-order valence-corrected chi connectivity index (χ0v) is 19.9. The summed E-state index contributed by atoms with van der Waals surface area (Å²) in [5.41, 5.74) is 0. The van der Waals surface area contributed by atoms with Gasteiger partial charge in [0.15, 0.2) is 5.96 Å². The van der Waals surface area contributed by atoms with Crippen LogP contribution < -0.4 is 10.6 Å². The van der Waals surface area contributed by atoms with Crippen LogP contribution in [0.3, 0.4) is 0 Å². The Kier molecular flexibility index (Phi) is 10.3. The molecule has 4 atom stereocenters. The molecule has 3 unspecified atom stereocenters. The van der Waals surface area contributed by atoms with Crippen molar-refractivity contribution in [2.75, 3.05) is 32.1 Å². The molecule has 0 amide bonds. The van der Waals surface area contributed by atoms with Crippen LogP contribution in [0.4, 0.5) is 0 Å². The molecular formula is C16H33IN4O3S2. The Morgan fingerprint density at radius 2 is 2.00 bits per heavy atom. The highest BCUT2D eigenvalue weighted by atomic mass is 127. The molecule has 0 spiro atoms. The second-order valence-corrected chi connectivity index (χ2v) is 10.9. The Morgan fingerprint density at radius 1 is 1.27 bits per heavy atom. The third kappa shape index (κ3) is 6.90. The van der Waals surface area contributed by atoms with Gasteiger partial charge in [0.25, 0.3) is 0 Å². The summed E-state index contributed by atoms with van der Waals surface area (Å²) in [5.74, 6) is 1.42. The summed E-state index contributed by atoms with van der Waals surface area (Å²) in [6, 6.07) is 0.260. The van der Waals surface area contributed by atoms with Gasteiger partial charge in [0.2, 0.25) is 10.0 Å². The van der Waals surface area contributed by atoms with E-state index in [1.54, 1.807) is 11.4 Å². The fourth-order valence-corrected chi connectivity index (χ4v) is 6.33. The number of guanidine groups is 1. The van der Waals surface area contributed by atoms with Crippen molar-refractivity contribution in [2.24, 2.45) is 4.99 Å². The van der Waals surface area contributed by atoms with E-state index in [2.05, 4.69) is 15.6 Å². The van der Waals surface area contributed by atoms with Crippen LogP contribution in [-0.4, -0.2) is 72.4 Å². The van der Waals surface area contributed by atoms with Gasteiger partial charge < -0.3 is 10.6 Å². The van der Waals surface area contributed by atoms with E-state index in [4.69, 9.17) is 0 Å².